The highest BCUT2D eigenvalue weighted by atomic mass is 35.5. The second-order valence-corrected chi connectivity index (χ2v) is 7.19. The van der Waals surface area contributed by atoms with Gasteiger partial charge in [-0.3, -0.25) is 20.1 Å². The fourth-order valence-corrected chi connectivity index (χ4v) is 2.73. The number of nitrogen functional groups attached to an aromatic ring is 2. The number of hydrogen-bond acceptors (Lipinski definition) is 8. The molecule has 12 heteroatoms. The number of aromatic nitrogens is 2. The maximum atomic E-state index is 12.2. The molecule has 2 rings (SSSR count). The number of carbonyl (C=O) groups excluding carboxylic acids is 1. The maximum Gasteiger partial charge on any atom is 0.280 e. The van der Waals surface area contributed by atoms with Gasteiger partial charge in [-0.25, -0.2) is 9.97 Å². The molecule has 0 spiro atoms. The van der Waals surface area contributed by atoms with Crippen LogP contribution in [0.2, 0.25) is 5.15 Å². The minimum Gasteiger partial charge on any atom is -0.492 e. The summed E-state index contributed by atoms with van der Waals surface area (Å²) in [5.41, 5.74) is 23.4. The third-order valence-corrected chi connectivity index (χ3v) is 4.44. The van der Waals surface area contributed by atoms with Gasteiger partial charge in [0.05, 0.1) is 12.4 Å². The van der Waals surface area contributed by atoms with E-state index in [2.05, 4.69) is 25.3 Å². The molecule has 1 amide bonds. The van der Waals surface area contributed by atoms with Crippen molar-refractivity contribution in [2.75, 3.05) is 31.2 Å². The molecule has 0 radical (unpaired) electrons. The van der Waals surface area contributed by atoms with E-state index in [0.717, 1.165) is 25.0 Å². The number of unbranched alkanes of at least 4 members (excludes halogenated alkanes) is 1. The Morgan fingerprint density at radius 1 is 1.06 bits per heavy atom. The number of rotatable bonds is 10. The number of benzene rings is 1. The molecule has 0 atom stereocenters. The highest BCUT2D eigenvalue weighted by Crippen LogP contribution is 2.17. The summed E-state index contributed by atoms with van der Waals surface area (Å²) in [6.07, 6.45) is 2.58. The van der Waals surface area contributed by atoms with Gasteiger partial charge in [-0.2, -0.15) is 0 Å². The zero-order chi connectivity index (χ0) is 23.5. The molecule has 32 heavy (non-hydrogen) atoms. The molecule has 1 heterocycles. The predicted octanol–water partition coefficient (Wildman–Crippen LogP) is 1.12. The van der Waals surface area contributed by atoms with Crippen molar-refractivity contribution in [2.45, 2.75) is 26.2 Å². The Morgan fingerprint density at radius 2 is 1.78 bits per heavy atom. The number of hydrogen-bond donors (Lipinski definition) is 5. The van der Waals surface area contributed by atoms with E-state index in [1.54, 1.807) is 6.92 Å². The Bertz CT molecular complexity index is 974. The van der Waals surface area contributed by atoms with E-state index in [1.807, 2.05) is 24.3 Å². The van der Waals surface area contributed by atoms with E-state index in [9.17, 15) is 4.79 Å². The van der Waals surface area contributed by atoms with Crippen molar-refractivity contribution >= 4 is 40.9 Å². The number of aliphatic imine (C=N–C) groups is 2. The Hall–Kier alpha value is -3.60. The Kier molecular flexibility index (Phi) is 9.48. The monoisotopic (exact) mass is 461 g/mol. The highest BCUT2D eigenvalue weighted by Gasteiger charge is 2.16. The predicted molar refractivity (Wildman–Crippen MR) is 127 cm³/mol. The van der Waals surface area contributed by atoms with Crippen LogP contribution < -0.4 is 33.0 Å². The van der Waals surface area contributed by atoms with Crippen molar-refractivity contribution in [1.82, 2.24) is 15.3 Å². The number of nitrogens with zero attached hydrogens (tertiary/aromatic N) is 4. The molecule has 9 N–H and O–H groups in total. The van der Waals surface area contributed by atoms with Gasteiger partial charge >= 0.3 is 0 Å². The van der Waals surface area contributed by atoms with Crippen LogP contribution in [0, 0.1) is 0 Å². The minimum absolute atomic E-state index is 0.0418. The summed E-state index contributed by atoms with van der Waals surface area (Å²) in [6.45, 7) is 3.21. The van der Waals surface area contributed by atoms with Crippen molar-refractivity contribution in [1.29, 1.82) is 0 Å². The summed E-state index contributed by atoms with van der Waals surface area (Å²) < 4.78 is 5.61. The quantitative estimate of drug-likeness (QED) is 0.197. The van der Waals surface area contributed by atoms with Gasteiger partial charge in [-0.05, 0) is 43.9 Å². The van der Waals surface area contributed by atoms with Gasteiger partial charge in [0, 0.05) is 6.54 Å². The average Bonchev–Trinajstić information content (AvgIpc) is 2.74. The van der Waals surface area contributed by atoms with Crippen molar-refractivity contribution in [3.8, 4) is 5.75 Å². The van der Waals surface area contributed by atoms with Crippen molar-refractivity contribution in [3.05, 3.63) is 40.7 Å². The summed E-state index contributed by atoms with van der Waals surface area (Å²) in [4.78, 5) is 27.9. The summed E-state index contributed by atoms with van der Waals surface area (Å²) in [5.74, 6) is 0.428. The number of guanidine groups is 1. The van der Waals surface area contributed by atoms with E-state index in [4.69, 9.17) is 39.3 Å². The van der Waals surface area contributed by atoms with Gasteiger partial charge < -0.3 is 27.7 Å². The lowest BCUT2D eigenvalue weighted by molar-refractivity contribution is 0.0972. The number of nitrogens with one attached hydrogen (secondary N) is 1. The number of halogens is 1. The molecule has 0 bridgehead atoms. The summed E-state index contributed by atoms with van der Waals surface area (Å²) >= 11 is 5.77. The van der Waals surface area contributed by atoms with Crippen LogP contribution in [0.25, 0.3) is 0 Å². The number of anilines is 2. The topological polar surface area (TPSA) is 193 Å². The van der Waals surface area contributed by atoms with Crippen LogP contribution in [0.5, 0.6) is 5.75 Å². The summed E-state index contributed by atoms with van der Waals surface area (Å²) in [7, 11) is 0. The first-order chi connectivity index (χ1) is 15.3. The molecular formula is C20H28ClN9O2. The van der Waals surface area contributed by atoms with Crippen LogP contribution in [0.4, 0.5) is 11.6 Å². The first-order valence-electron chi connectivity index (χ1n) is 9.94. The molecular weight excluding hydrogens is 434 g/mol. The molecule has 0 aliphatic heterocycles. The second kappa shape index (κ2) is 12.3. The van der Waals surface area contributed by atoms with Gasteiger partial charge in [-0.1, -0.05) is 23.7 Å². The summed E-state index contributed by atoms with van der Waals surface area (Å²) in [5, 5.41) is 2.29. The SMILES string of the molecule is CC(N)=NCCOc1ccc(CCCCN=C(N)NC(=O)c2nc(Cl)c(N)nc2N)cc1. The van der Waals surface area contributed by atoms with Gasteiger partial charge in [0.25, 0.3) is 5.91 Å². The molecule has 172 valence electrons. The van der Waals surface area contributed by atoms with Crippen LogP contribution >= 0.6 is 11.6 Å². The maximum absolute atomic E-state index is 12.2. The first-order valence-corrected chi connectivity index (χ1v) is 10.3. The number of carbonyl (C=O) groups is 1. The van der Waals surface area contributed by atoms with Crippen LogP contribution in [0.1, 0.15) is 35.8 Å². The molecule has 2 aromatic rings. The van der Waals surface area contributed by atoms with Crippen molar-refractivity contribution in [3.63, 3.8) is 0 Å². The van der Waals surface area contributed by atoms with Crippen molar-refractivity contribution < 1.29 is 9.53 Å². The van der Waals surface area contributed by atoms with Crippen LogP contribution in [0.3, 0.4) is 0 Å². The number of amides is 1. The van der Waals surface area contributed by atoms with Crippen molar-refractivity contribution in [2.24, 2.45) is 21.5 Å². The fraction of sp³-hybridized carbons (Fsp3) is 0.350. The standard InChI is InChI=1S/C20H28ClN9O2/c1-12(22)26-10-11-32-14-7-5-13(6-8-14)4-2-3-9-27-20(25)30-19(31)15-17(23)29-18(24)16(21)28-15/h5-8H,2-4,9-11H2,1H3,(H2,22,26)(H4,23,24,29)(H3,25,27,30,31). The van der Waals surface area contributed by atoms with E-state index >= 15 is 0 Å². The normalized spacial score (nSPS) is 11.9. The lowest BCUT2D eigenvalue weighted by Gasteiger charge is -2.07. The highest BCUT2D eigenvalue weighted by molar-refractivity contribution is 6.31. The van der Waals surface area contributed by atoms with E-state index in [0.29, 0.717) is 25.5 Å². The van der Waals surface area contributed by atoms with Crippen LogP contribution in [0.15, 0.2) is 34.3 Å². The zero-order valence-corrected chi connectivity index (χ0v) is 18.6. The van der Waals surface area contributed by atoms with E-state index in [1.165, 1.54) is 5.56 Å². The van der Waals surface area contributed by atoms with Gasteiger partial charge in [0.2, 0.25) is 0 Å². The Balaban J connectivity index is 1.71. The number of ether oxygens (including phenoxy) is 1. The largest absolute Gasteiger partial charge is 0.492 e. The lowest BCUT2D eigenvalue weighted by Crippen LogP contribution is -2.38. The summed E-state index contributed by atoms with van der Waals surface area (Å²) in [6, 6.07) is 7.90. The zero-order valence-electron chi connectivity index (χ0n) is 17.8. The molecule has 1 aromatic carbocycles. The molecule has 1 aromatic heterocycles. The molecule has 0 saturated carbocycles. The number of aryl methyl sites for hydroxylation is 1. The number of nitrogens with two attached hydrogens (primary N) is 4. The van der Waals surface area contributed by atoms with Crippen LogP contribution in [-0.4, -0.2) is 47.4 Å². The Morgan fingerprint density at radius 3 is 2.47 bits per heavy atom. The molecule has 0 unspecified atom stereocenters. The fourth-order valence-electron chi connectivity index (χ4n) is 2.60. The smallest absolute Gasteiger partial charge is 0.280 e. The van der Waals surface area contributed by atoms with Gasteiger partial charge in [0.1, 0.15) is 12.4 Å². The lowest BCUT2D eigenvalue weighted by atomic mass is 10.1. The average molecular weight is 462 g/mol. The molecule has 0 aliphatic rings. The molecule has 11 nitrogen and oxygen atoms in total. The molecule has 0 saturated heterocycles. The van der Waals surface area contributed by atoms with E-state index in [-0.39, 0.29) is 28.4 Å². The van der Waals surface area contributed by atoms with E-state index < -0.39 is 5.91 Å². The molecule has 0 fully saturated rings. The molecule has 0 aliphatic carbocycles. The van der Waals surface area contributed by atoms with Gasteiger partial charge in [-0.15, -0.1) is 0 Å². The minimum atomic E-state index is -0.662. The second-order valence-electron chi connectivity index (χ2n) is 6.83. The number of amidine groups is 1. The third kappa shape index (κ3) is 8.26. The third-order valence-electron chi connectivity index (χ3n) is 4.16. The van der Waals surface area contributed by atoms with Gasteiger partial charge in [0.15, 0.2) is 28.4 Å². The van der Waals surface area contributed by atoms with Crippen LogP contribution in [-0.2, 0) is 6.42 Å². The Labute approximate surface area is 191 Å². The first kappa shape index (κ1) is 24.7.